The van der Waals surface area contributed by atoms with Crippen LogP contribution in [-0.2, 0) is 0 Å². The number of anilines is 1. The van der Waals surface area contributed by atoms with Crippen LogP contribution in [0.3, 0.4) is 0 Å². The van der Waals surface area contributed by atoms with Crippen molar-refractivity contribution in [3.63, 3.8) is 0 Å². The molecule has 5 aromatic rings. The predicted molar refractivity (Wildman–Crippen MR) is 119 cm³/mol. The number of nitrogen functional groups attached to an aromatic ring is 1. The Balaban J connectivity index is 1.45. The number of benzene rings is 4. The summed E-state index contributed by atoms with van der Waals surface area (Å²) in [5, 5.41) is 12.3. The summed E-state index contributed by atoms with van der Waals surface area (Å²) in [6.07, 6.45) is 1.70. The molecule has 0 saturated heterocycles. The van der Waals surface area contributed by atoms with Crippen molar-refractivity contribution in [2.75, 3.05) is 5.73 Å². The van der Waals surface area contributed by atoms with Crippen molar-refractivity contribution in [1.82, 2.24) is 9.97 Å². The van der Waals surface area contributed by atoms with Crippen molar-refractivity contribution >= 4 is 39.4 Å². The van der Waals surface area contributed by atoms with Gasteiger partial charge in [-0.2, -0.15) is 0 Å². The molecule has 1 aromatic heterocycles. The van der Waals surface area contributed by atoms with Crippen molar-refractivity contribution in [3.8, 4) is 17.1 Å². The van der Waals surface area contributed by atoms with Crippen LogP contribution in [0.5, 0.6) is 5.75 Å². The van der Waals surface area contributed by atoms with Gasteiger partial charge in [0.25, 0.3) is 0 Å². The van der Waals surface area contributed by atoms with Gasteiger partial charge in [0.15, 0.2) is 0 Å². The van der Waals surface area contributed by atoms with Gasteiger partial charge in [-0.25, -0.2) is 4.98 Å². The third-order valence-electron chi connectivity index (χ3n) is 4.94. The molecule has 0 aliphatic carbocycles. The van der Waals surface area contributed by atoms with Gasteiger partial charge in [0.2, 0.25) is 0 Å². The van der Waals surface area contributed by atoms with Gasteiger partial charge in [-0.3, -0.25) is 4.99 Å². The topological polar surface area (TPSA) is 87.3 Å². The summed E-state index contributed by atoms with van der Waals surface area (Å²) >= 11 is 0. The van der Waals surface area contributed by atoms with E-state index >= 15 is 0 Å². The van der Waals surface area contributed by atoms with Crippen molar-refractivity contribution < 1.29 is 5.11 Å². The highest BCUT2D eigenvalue weighted by atomic mass is 16.3. The highest BCUT2D eigenvalue weighted by Crippen LogP contribution is 2.27. The lowest BCUT2D eigenvalue weighted by Gasteiger charge is -2.04. The number of imidazole rings is 1. The van der Waals surface area contributed by atoms with Gasteiger partial charge < -0.3 is 15.8 Å². The van der Waals surface area contributed by atoms with Gasteiger partial charge >= 0.3 is 0 Å². The monoisotopic (exact) mass is 378 g/mol. The number of H-pyrrole nitrogens is 1. The molecule has 0 bridgehead atoms. The maximum absolute atomic E-state index is 10.3. The zero-order valence-electron chi connectivity index (χ0n) is 15.5. The molecule has 5 rings (SSSR count). The first-order valence-electron chi connectivity index (χ1n) is 9.28. The van der Waals surface area contributed by atoms with E-state index in [9.17, 15) is 5.11 Å². The SMILES string of the molecule is Nc1ccc2nc(-c3ccc(N=Cc4c(O)ccc5ccccc45)cc3)[nH]c2c1. The van der Waals surface area contributed by atoms with Crippen LogP contribution in [0, 0.1) is 0 Å². The van der Waals surface area contributed by atoms with Gasteiger partial charge in [0.05, 0.1) is 16.7 Å². The molecule has 0 aliphatic heterocycles. The third-order valence-corrected chi connectivity index (χ3v) is 4.94. The Hall–Kier alpha value is -4.12. The van der Waals surface area contributed by atoms with E-state index < -0.39 is 0 Å². The van der Waals surface area contributed by atoms with E-state index in [1.54, 1.807) is 12.3 Å². The van der Waals surface area contributed by atoms with Crippen LogP contribution in [0.15, 0.2) is 83.9 Å². The third kappa shape index (κ3) is 3.19. The second-order valence-corrected chi connectivity index (χ2v) is 6.89. The smallest absolute Gasteiger partial charge is 0.138 e. The molecule has 140 valence electrons. The Morgan fingerprint density at radius 1 is 0.931 bits per heavy atom. The maximum Gasteiger partial charge on any atom is 0.138 e. The molecule has 0 radical (unpaired) electrons. The van der Waals surface area contributed by atoms with Gasteiger partial charge in [-0.15, -0.1) is 0 Å². The van der Waals surface area contributed by atoms with E-state index in [4.69, 9.17) is 5.73 Å². The van der Waals surface area contributed by atoms with Crippen molar-refractivity contribution in [3.05, 3.63) is 84.4 Å². The molecule has 5 nitrogen and oxygen atoms in total. The lowest BCUT2D eigenvalue weighted by Crippen LogP contribution is -1.86. The molecule has 0 saturated carbocycles. The Morgan fingerprint density at radius 3 is 2.62 bits per heavy atom. The lowest BCUT2D eigenvalue weighted by molar-refractivity contribution is 0.475. The molecule has 4 N–H and O–H groups in total. The zero-order valence-corrected chi connectivity index (χ0v) is 15.5. The summed E-state index contributed by atoms with van der Waals surface area (Å²) in [4.78, 5) is 12.4. The molecule has 29 heavy (non-hydrogen) atoms. The molecule has 0 unspecified atom stereocenters. The Morgan fingerprint density at radius 2 is 1.76 bits per heavy atom. The second kappa shape index (κ2) is 6.80. The first kappa shape index (κ1) is 17.0. The number of nitrogens with zero attached hydrogens (tertiary/aromatic N) is 2. The highest BCUT2D eigenvalue weighted by Gasteiger charge is 2.06. The number of aromatic amines is 1. The Labute approximate surface area is 167 Å². The van der Waals surface area contributed by atoms with Crippen LogP contribution >= 0.6 is 0 Å². The number of aliphatic imine (C=N–C) groups is 1. The average molecular weight is 378 g/mol. The molecule has 0 spiro atoms. The average Bonchev–Trinajstić information content (AvgIpc) is 3.16. The summed E-state index contributed by atoms with van der Waals surface area (Å²) in [7, 11) is 0. The molecule has 4 aromatic carbocycles. The van der Waals surface area contributed by atoms with Crippen molar-refractivity contribution in [1.29, 1.82) is 0 Å². The minimum absolute atomic E-state index is 0.214. The summed E-state index contributed by atoms with van der Waals surface area (Å²) in [6, 6.07) is 24.9. The quantitative estimate of drug-likeness (QED) is 0.289. The summed E-state index contributed by atoms with van der Waals surface area (Å²) in [6.45, 7) is 0. The normalized spacial score (nSPS) is 11.6. The van der Waals surface area contributed by atoms with Crippen LogP contribution in [0.4, 0.5) is 11.4 Å². The molecular formula is C24H18N4O. The number of hydrogen-bond donors (Lipinski definition) is 3. The van der Waals surface area contributed by atoms with E-state index in [1.807, 2.05) is 72.8 Å². The first-order chi connectivity index (χ1) is 14.2. The zero-order chi connectivity index (χ0) is 19.8. The second-order valence-electron chi connectivity index (χ2n) is 6.89. The van der Waals surface area contributed by atoms with Crippen LogP contribution in [-0.4, -0.2) is 21.3 Å². The number of nitrogens with two attached hydrogens (primary N) is 1. The molecule has 0 atom stereocenters. The van der Waals surface area contributed by atoms with Gasteiger partial charge in [-0.05, 0) is 59.3 Å². The Kier molecular flexibility index (Phi) is 3.99. The van der Waals surface area contributed by atoms with E-state index in [0.29, 0.717) is 11.3 Å². The fourth-order valence-corrected chi connectivity index (χ4v) is 3.43. The number of fused-ring (bicyclic) bond motifs is 2. The maximum atomic E-state index is 10.3. The number of aromatic hydroxyl groups is 1. The summed E-state index contributed by atoms with van der Waals surface area (Å²) in [5.74, 6) is 0.999. The largest absolute Gasteiger partial charge is 0.507 e. The number of hydrogen-bond acceptors (Lipinski definition) is 4. The molecule has 5 heteroatoms. The highest BCUT2D eigenvalue weighted by molar-refractivity contribution is 6.03. The number of phenolic OH excluding ortho intramolecular Hbond substituents is 1. The fourth-order valence-electron chi connectivity index (χ4n) is 3.43. The lowest BCUT2D eigenvalue weighted by atomic mass is 10.0. The minimum Gasteiger partial charge on any atom is -0.507 e. The molecule has 0 aliphatic rings. The number of phenols is 1. The minimum atomic E-state index is 0.214. The van der Waals surface area contributed by atoms with Crippen LogP contribution < -0.4 is 5.73 Å². The predicted octanol–water partition coefficient (Wildman–Crippen LogP) is 5.42. The van der Waals surface area contributed by atoms with E-state index in [2.05, 4.69) is 15.0 Å². The van der Waals surface area contributed by atoms with E-state index in [0.717, 1.165) is 38.9 Å². The molecule has 1 heterocycles. The molecule has 0 fully saturated rings. The van der Waals surface area contributed by atoms with Crippen molar-refractivity contribution in [2.45, 2.75) is 0 Å². The number of nitrogens with one attached hydrogen (secondary N) is 1. The van der Waals surface area contributed by atoms with Gasteiger partial charge in [0.1, 0.15) is 11.6 Å². The van der Waals surface area contributed by atoms with Crippen molar-refractivity contribution in [2.24, 2.45) is 4.99 Å². The van der Waals surface area contributed by atoms with E-state index in [1.165, 1.54) is 0 Å². The Bertz CT molecular complexity index is 1370. The van der Waals surface area contributed by atoms with Gasteiger partial charge in [0, 0.05) is 23.0 Å². The summed E-state index contributed by atoms with van der Waals surface area (Å²) < 4.78 is 0. The molecule has 0 amide bonds. The number of rotatable bonds is 3. The van der Waals surface area contributed by atoms with Gasteiger partial charge in [-0.1, -0.05) is 30.3 Å². The van der Waals surface area contributed by atoms with Crippen LogP contribution in [0.2, 0.25) is 0 Å². The number of aromatic nitrogens is 2. The molecular weight excluding hydrogens is 360 g/mol. The summed E-state index contributed by atoms with van der Waals surface area (Å²) in [5.41, 5.74) is 10.8. The van der Waals surface area contributed by atoms with E-state index in [-0.39, 0.29) is 5.75 Å². The fraction of sp³-hybridized carbons (Fsp3) is 0. The van der Waals surface area contributed by atoms with Crippen LogP contribution in [0.25, 0.3) is 33.2 Å². The first-order valence-corrected chi connectivity index (χ1v) is 9.28. The van der Waals surface area contributed by atoms with Crippen LogP contribution in [0.1, 0.15) is 5.56 Å². The standard InChI is InChI=1S/C24H18N4O/c25-17-8-11-21-22(13-17)28-24(27-21)16-5-9-18(10-6-16)26-14-20-19-4-2-1-3-15(19)7-12-23(20)29/h1-14,29H,25H2,(H,27,28).